The summed E-state index contributed by atoms with van der Waals surface area (Å²) in [5.41, 5.74) is -0.783. The number of rotatable bonds is 7. The van der Waals surface area contributed by atoms with Gasteiger partial charge >= 0.3 is 12.2 Å². The minimum Gasteiger partial charge on any atom is -0.492 e. The second-order valence-corrected chi connectivity index (χ2v) is 4.69. The van der Waals surface area contributed by atoms with E-state index in [0.717, 1.165) is 12.1 Å². The van der Waals surface area contributed by atoms with Gasteiger partial charge in [0.25, 0.3) is 0 Å². The Labute approximate surface area is 126 Å². The van der Waals surface area contributed by atoms with Crippen LogP contribution < -0.4 is 15.4 Å². The molecule has 8 heteroatoms. The lowest BCUT2D eigenvalue weighted by Crippen LogP contribution is -2.38. The Morgan fingerprint density at radius 1 is 1.32 bits per heavy atom. The van der Waals surface area contributed by atoms with Gasteiger partial charge in [-0.15, -0.1) is 0 Å². The third-order valence-corrected chi connectivity index (χ3v) is 2.67. The fourth-order valence-corrected chi connectivity index (χ4v) is 1.55. The van der Waals surface area contributed by atoms with Gasteiger partial charge in [-0.05, 0) is 31.5 Å². The molecule has 1 atom stereocenters. The maximum atomic E-state index is 12.5. The number of halogens is 3. The van der Waals surface area contributed by atoms with Gasteiger partial charge in [0.2, 0.25) is 0 Å². The summed E-state index contributed by atoms with van der Waals surface area (Å²) in [6.07, 6.45) is -4.47. The van der Waals surface area contributed by atoms with Crippen LogP contribution in [0, 0.1) is 0 Å². The third-order valence-electron chi connectivity index (χ3n) is 2.67. The van der Waals surface area contributed by atoms with Crippen molar-refractivity contribution in [1.29, 1.82) is 0 Å². The normalized spacial score (nSPS) is 12.6. The number of alkyl halides is 3. The van der Waals surface area contributed by atoms with Crippen molar-refractivity contribution in [2.75, 3.05) is 19.7 Å². The van der Waals surface area contributed by atoms with E-state index in [9.17, 15) is 18.0 Å². The lowest BCUT2D eigenvalue weighted by atomic mass is 10.2. The highest BCUT2D eigenvalue weighted by atomic mass is 19.4. The monoisotopic (exact) mass is 320 g/mol. The molecule has 0 bridgehead atoms. The number of ether oxygens (including phenoxy) is 1. The lowest BCUT2D eigenvalue weighted by molar-refractivity contribution is -0.137. The number of hydrogen-bond acceptors (Lipinski definition) is 3. The summed E-state index contributed by atoms with van der Waals surface area (Å²) in [6.45, 7) is 2.14. The molecule has 0 aliphatic heterocycles. The summed E-state index contributed by atoms with van der Waals surface area (Å²) < 4.78 is 42.6. The molecule has 1 unspecified atom stereocenters. The van der Waals surface area contributed by atoms with Gasteiger partial charge in [0.1, 0.15) is 12.4 Å². The van der Waals surface area contributed by atoms with E-state index in [-0.39, 0.29) is 18.9 Å². The SMILES string of the molecule is CC(O)CCNC(=O)NCCOc1cccc(C(F)(F)F)c1. The van der Waals surface area contributed by atoms with Crippen LogP contribution in [0.1, 0.15) is 18.9 Å². The zero-order valence-electron chi connectivity index (χ0n) is 12.1. The van der Waals surface area contributed by atoms with Crippen LogP contribution in [0.25, 0.3) is 0 Å². The average Bonchev–Trinajstić information content (AvgIpc) is 2.42. The van der Waals surface area contributed by atoms with E-state index < -0.39 is 23.9 Å². The number of urea groups is 1. The third kappa shape index (κ3) is 7.16. The van der Waals surface area contributed by atoms with E-state index in [4.69, 9.17) is 9.84 Å². The largest absolute Gasteiger partial charge is 0.492 e. The summed E-state index contributed by atoms with van der Waals surface area (Å²) in [4.78, 5) is 11.3. The van der Waals surface area contributed by atoms with Gasteiger partial charge in [-0.25, -0.2) is 4.79 Å². The van der Waals surface area contributed by atoms with Crippen molar-refractivity contribution in [3.63, 3.8) is 0 Å². The molecule has 22 heavy (non-hydrogen) atoms. The molecule has 0 aromatic heterocycles. The van der Waals surface area contributed by atoms with Crippen LogP contribution in [0.15, 0.2) is 24.3 Å². The van der Waals surface area contributed by atoms with Crippen molar-refractivity contribution < 1.29 is 27.8 Å². The molecule has 1 rings (SSSR count). The first-order valence-corrected chi connectivity index (χ1v) is 6.79. The highest BCUT2D eigenvalue weighted by Gasteiger charge is 2.30. The van der Waals surface area contributed by atoms with Crippen LogP contribution >= 0.6 is 0 Å². The first-order valence-electron chi connectivity index (χ1n) is 6.79. The van der Waals surface area contributed by atoms with E-state index in [0.29, 0.717) is 13.0 Å². The summed E-state index contributed by atoms with van der Waals surface area (Å²) in [6, 6.07) is 4.11. The van der Waals surface area contributed by atoms with Gasteiger partial charge in [-0.3, -0.25) is 0 Å². The van der Waals surface area contributed by atoms with Gasteiger partial charge in [0.05, 0.1) is 18.2 Å². The van der Waals surface area contributed by atoms with Crippen LogP contribution in [-0.2, 0) is 6.18 Å². The molecule has 0 spiro atoms. The molecule has 124 valence electrons. The number of hydrogen-bond donors (Lipinski definition) is 3. The van der Waals surface area contributed by atoms with Crippen LogP contribution in [-0.4, -0.2) is 36.9 Å². The first kappa shape index (κ1) is 18.1. The highest BCUT2D eigenvalue weighted by molar-refractivity contribution is 5.73. The zero-order valence-corrected chi connectivity index (χ0v) is 12.1. The highest BCUT2D eigenvalue weighted by Crippen LogP contribution is 2.31. The molecule has 0 aliphatic rings. The fraction of sp³-hybridized carbons (Fsp3) is 0.500. The predicted octanol–water partition coefficient (Wildman–Crippen LogP) is 2.15. The Morgan fingerprint density at radius 3 is 2.64 bits per heavy atom. The summed E-state index contributed by atoms with van der Waals surface area (Å²) in [5.74, 6) is 0.0890. The van der Waals surface area contributed by atoms with Gasteiger partial charge in [-0.1, -0.05) is 6.07 Å². The Hall–Kier alpha value is -1.96. The van der Waals surface area contributed by atoms with Crippen LogP contribution in [0.3, 0.4) is 0 Å². The molecule has 2 amide bonds. The molecule has 1 aromatic rings. The number of nitrogens with one attached hydrogen (secondary N) is 2. The maximum absolute atomic E-state index is 12.5. The molecule has 0 saturated carbocycles. The second-order valence-electron chi connectivity index (χ2n) is 4.69. The van der Waals surface area contributed by atoms with E-state index >= 15 is 0 Å². The average molecular weight is 320 g/mol. The van der Waals surface area contributed by atoms with Crippen molar-refractivity contribution in [3.05, 3.63) is 29.8 Å². The van der Waals surface area contributed by atoms with Crippen LogP contribution in [0.2, 0.25) is 0 Å². The number of carbonyl (C=O) groups is 1. The predicted molar refractivity (Wildman–Crippen MR) is 74.6 cm³/mol. The molecule has 1 aromatic carbocycles. The maximum Gasteiger partial charge on any atom is 0.416 e. The summed E-state index contributed by atoms with van der Waals surface area (Å²) in [7, 11) is 0. The number of aliphatic hydroxyl groups is 1. The molecular weight excluding hydrogens is 301 g/mol. The van der Waals surface area contributed by atoms with E-state index in [1.54, 1.807) is 6.92 Å². The molecule has 0 heterocycles. The molecule has 3 N–H and O–H groups in total. The topological polar surface area (TPSA) is 70.6 Å². The molecule has 5 nitrogen and oxygen atoms in total. The second kappa shape index (κ2) is 8.47. The number of aliphatic hydroxyl groups excluding tert-OH is 1. The molecule has 0 radical (unpaired) electrons. The summed E-state index contributed by atoms with van der Waals surface area (Å²) >= 11 is 0. The standard InChI is InChI=1S/C14H19F3N2O3/c1-10(20)5-6-18-13(21)19-7-8-22-12-4-2-3-11(9-12)14(15,16)17/h2-4,9-10,20H,5-8H2,1H3,(H2,18,19,21). The molecular formula is C14H19F3N2O3. The van der Waals surface area contributed by atoms with Crippen molar-refractivity contribution >= 4 is 6.03 Å². The quantitative estimate of drug-likeness (QED) is 0.674. The molecule has 0 saturated heterocycles. The van der Waals surface area contributed by atoms with Crippen molar-refractivity contribution in [3.8, 4) is 5.75 Å². The number of amides is 2. The Kier molecular flexibility index (Phi) is 6.97. The Morgan fingerprint density at radius 2 is 2.00 bits per heavy atom. The summed E-state index contributed by atoms with van der Waals surface area (Å²) in [5, 5.41) is 14.0. The van der Waals surface area contributed by atoms with Gasteiger partial charge < -0.3 is 20.5 Å². The van der Waals surface area contributed by atoms with Crippen LogP contribution in [0.4, 0.5) is 18.0 Å². The Bertz CT molecular complexity index is 479. The fourth-order valence-electron chi connectivity index (χ4n) is 1.55. The first-order chi connectivity index (χ1) is 10.3. The molecule has 0 fully saturated rings. The number of carbonyl (C=O) groups excluding carboxylic acids is 1. The smallest absolute Gasteiger partial charge is 0.416 e. The molecule has 0 aliphatic carbocycles. The zero-order chi connectivity index (χ0) is 16.6. The van der Waals surface area contributed by atoms with Crippen molar-refractivity contribution in [2.45, 2.75) is 25.6 Å². The van der Waals surface area contributed by atoms with Crippen LogP contribution in [0.5, 0.6) is 5.75 Å². The van der Waals surface area contributed by atoms with E-state index in [2.05, 4.69) is 10.6 Å². The number of benzene rings is 1. The minimum absolute atomic E-state index is 0.0468. The van der Waals surface area contributed by atoms with E-state index in [1.165, 1.54) is 12.1 Å². The Balaban J connectivity index is 2.26. The lowest BCUT2D eigenvalue weighted by Gasteiger charge is -2.11. The van der Waals surface area contributed by atoms with Gasteiger partial charge in [0.15, 0.2) is 0 Å². The van der Waals surface area contributed by atoms with Crippen molar-refractivity contribution in [2.24, 2.45) is 0 Å². The van der Waals surface area contributed by atoms with Crippen molar-refractivity contribution in [1.82, 2.24) is 10.6 Å². The van der Waals surface area contributed by atoms with Gasteiger partial charge in [0, 0.05) is 6.54 Å². The minimum atomic E-state index is -4.42. The van der Waals surface area contributed by atoms with E-state index in [1.807, 2.05) is 0 Å². The van der Waals surface area contributed by atoms with Gasteiger partial charge in [-0.2, -0.15) is 13.2 Å².